The zero-order chi connectivity index (χ0) is 32.8. The fraction of sp³-hybridized carbons (Fsp3) is 0.824. The summed E-state index contributed by atoms with van der Waals surface area (Å²) in [5, 5.41) is -7.74. The Morgan fingerprint density at radius 2 is 1.10 bits per heavy atom. The van der Waals surface area contributed by atoms with Crippen molar-refractivity contribution in [3.05, 3.63) is 12.7 Å². The number of sulfonamides is 1. The summed E-state index contributed by atoms with van der Waals surface area (Å²) in [6.07, 6.45) is -11.2. The molecule has 1 atom stereocenters. The van der Waals surface area contributed by atoms with E-state index in [2.05, 4.69) is 11.3 Å². The average molecular weight is 653 g/mol. The zero-order valence-electron chi connectivity index (χ0n) is 19.4. The number of alkyl halides is 17. The number of rotatable bonds is 14. The number of ether oxygens (including phenoxy) is 1. The predicted molar refractivity (Wildman–Crippen MR) is 97.0 cm³/mol. The van der Waals surface area contributed by atoms with Crippen molar-refractivity contribution in [1.29, 1.82) is 0 Å². The van der Waals surface area contributed by atoms with Crippen molar-refractivity contribution < 1.29 is 92.6 Å². The molecule has 0 aliphatic heterocycles. The molecule has 40 heavy (non-hydrogen) atoms. The van der Waals surface area contributed by atoms with E-state index in [4.69, 9.17) is 0 Å². The first kappa shape index (κ1) is 37.9. The minimum atomic E-state index is -8.93. The molecule has 0 aliphatic carbocycles. The summed E-state index contributed by atoms with van der Waals surface area (Å²) in [6.45, 7) is 2.80. The maximum Gasteiger partial charge on any atom is 0.460 e. The molecule has 0 heterocycles. The minimum Gasteiger partial charge on any atom is -0.442 e. The van der Waals surface area contributed by atoms with Crippen LogP contribution in [0.4, 0.5) is 74.6 Å². The smallest absolute Gasteiger partial charge is 0.442 e. The molecule has 0 N–H and O–H groups in total. The summed E-state index contributed by atoms with van der Waals surface area (Å²) in [5.74, 6) is -53.8. The van der Waals surface area contributed by atoms with Crippen molar-refractivity contribution in [3.8, 4) is 0 Å². The molecule has 1 unspecified atom stereocenters. The van der Waals surface area contributed by atoms with Gasteiger partial charge in [0, 0.05) is 12.6 Å². The first-order valence-corrected chi connectivity index (χ1v) is 11.3. The van der Waals surface area contributed by atoms with Crippen molar-refractivity contribution in [2.75, 3.05) is 6.54 Å². The van der Waals surface area contributed by atoms with E-state index < -0.39 is 86.5 Å². The van der Waals surface area contributed by atoms with E-state index in [9.17, 15) is 87.8 Å². The number of hydrogen-bond donors (Lipinski definition) is 0. The van der Waals surface area contributed by atoms with Crippen molar-refractivity contribution >= 4 is 16.0 Å². The lowest BCUT2D eigenvalue weighted by molar-refractivity contribution is -0.458. The summed E-state index contributed by atoms with van der Waals surface area (Å²) < 4.78 is 256. The van der Waals surface area contributed by atoms with Crippen molar-refractivity contribution in [2.24, 2.45) is 0 Å². The lowest BCUT2D eigenvalue weighted by Gasteiger charge is -2.43. The van der Waals surface area contributed by atoms with Gasteiger partial charge in [0.2, 0.25) is 0 Å². The minimum absolute atomic E-state index is 0.223. The summed E-state index contributed by atoms with van der Waals surface area (Å²) >= 11 is 0. The molecule has 0 aromatic heterocycles. The molecular weight excluding hydrogens is 637 g/mol. The van der Waals surface area contributed by atoms with E-state index in [0.29, 0.717) is 6.92 Å². The normalized spacial score (nSPS) is 16.2. The van der Waals surface area contributed by atoms with Crippen LogP contribution in [0.25, 0.3) is 0 Å². The van der Waals surface area contributed by atoms with Gasteiger partial charge >= 0.3 is 52.9 Å². The number of esters is 1. The van der Waals surface area contributed by atoms with Crippen LogP contribution in [0.15, 0.2) is 12.7 Å². The van der Waals surface area contributed by atoms with Crippen molar-refractivity contribution in [2.45, 2.75) is 79.9 Å². The summed E-state index contributed by atoms with van der Waals surface area (Å²) in [4.78, 5) is 11.2. The Morgan fingerprint density at radius 3 is 1.43 bits per heavy atom. The number of nitrogens with zero attached hydrogens (tertiary/aromatic N) is 1. The molecule has 0 radical (unpaired) electrons. The highest BCUT2D eigenvalue weighted by atomic mass is 32.2. The molecule has 0 saturated heterocycles. The number of hydrogen-bond acceptors (Lipinski definition) is 4. The second-order valence-corrected chi connectivity index (χ2v) is 9.60. The molecule has 0 saturated carbocycles. The lowest BCUT2D eigenvalue weighted by Crippen LogP contribution is -2.75. The lowest BCUT2D eigenvalue weighted by atomic mass is 9.91. The molecule has 5 nitrogen and oxygen atoms in total. The maximum absolute atomic E-state index is 14.5. The van der Waals surface area contributed by atoms with Gasteiger partial charge in [-0.25, -0.2) is 13.2 Å². The van der Waals surface area contributed by atoms with Crippen LogP contribution in [0.2, 0.25) is 0 Å². The van der Waals surface area contributed by atoms with Gasteiger partial charge in [0.15, 0.2) is 6.23 Å². The Morgan fingerprint density at radius 1 is 0.750 bits per heavy atom. The Bertz CT molecular complexity index is 1040. The third-order valence-electron chi connectivity index (χ3n) is 4.92. The van der Waals surface area contributed by atoms with Gasteiger partial charge < -0.3 is 4.74 Å². The summed E-state index contributed by atoms with van der Waals surface area (Å²) in [6, 6.07) is 0. The van der Waals surface area contributed by atoms with E-state index in [-0.39, 0.29) is 12.5 Å². The van der Waals surface area contributed by atoms with Gasteiger partial charge in [0.05, 0.1) is 0 Å². The van der Waals surface area contributed by atoms with E-state index in [1.54, 1.807) is 0 Å². The Kier molecular flexibility index (Phi) is 10.4. The molecule has 0 amide bonds. The number of halogens is 17. The Labute approximate surface area is 212 Å². The number of carbonyl (C=O) groups excluding carboxylic acids is 1. The highest BCUT2D eigenvalue weighted by Gasteiger charge is 2.96. The van der Waals surface area contributed by atoms with E-state index in [0.717, 1.165) is 0 Å². The van der Waals surface area contributed by atoms with Crippen LogP contribution < -0.4 is 0 Å². The average Bonchev–Trinajstić information content (AvgIpc) is 2.77. The van der Waals surface area contributed by atoms with E-state index in [1.807, 2.05) is 0 Å². The van der Waals surface area contributed by atoms with Gasteiger partial charge in [-0.1, -0.05) is 19.9 Å². The van der Waals surface area contributed by atoms with Gasteiger partial charge in [-0.15, -0.1) is 0 Å². The van der Waals surface area contributed by atoms with Crippen LogP contribution in [-0.2, 0) is 19.6 Å². The molecule has 0 fully saturated rings. The largest absolute Gasteiger partial charge is 0.460 e. The molecule has 23 heteroatoms. The Hall–Kier alpha value is -2.07. The van der Waals surface area contributed by atoms with Crippen molar-refractivity contribution in [3.63, 3.8) is 0 Å². The van der Waals surface area contributed by atoms with Crippen LogP contribution >= 0.6 is 0 Å². The maximum atomic E-state index is 14.5. The zero-order valence-corrected chi connectivity index (χ0v) is 20.2. The van der Waals surface area contributed by atoms with Crippen LogP contribution in [0.1, 0.15) is 26.7 Å². The second kappa shape index (κ2) is 11.0. The summed E-state index contributed by atoms with van der Waals surface area (Å²) in [7, 11) is -7.60. The van der Waals surface area contributed by atoms with Crippen LogP contribution in [0.5, 0.6) is 0 Å². The standard InChI is InChI=1S/C17H16F17NO4S/c1-4-6-7-35(8(3)39-9(36)5-2)40(37,38)17(33,34)15(28,29)13(24,25)11(20,21)10(18,19)12(22,23)14(26,27)16(30,31)32/h5,8H,2,4,6-7H2,1,3H3. The number of unbranched alkanes of at least 4 members (excludes halogenated alkanes) is 1. The third-order valence-corrected chi connectivity index (χ3v) is 6.92. The summed E-state index contributed by atoms with van der Waals surface area (Å²) in [5.41, 5.74) is 0. The molecule has 0 aromatic carbocycles. The molecular formula is C17H16F17NO4S. The molecule has 0 aromatic rings. The fourth-order valence-corrected chi connectivity index (χ4v) is 4.10. The molecule has 0 rings (SSSR count). The molecule has 238 valence electrons. The highest BCUT2D eigenvalue weighted by Crippen LogP contribution is 2.64. The quantitative estimate of drug-likeness (QED) is 0.0935. The van der Waals surface area contributed by atoms with Gasteiger partial charge in [-0.3, -0.25) is 0 Å². The van der Waals surface area contributed by atoms with Gasteiger partial charge in [0.25, 0.3) is 10.0 Å². The first-order valence-electron chi connectivity index (χ1n) is 9.88. The highest BCUT2D eigenvalue weighted by molar-refractivity contribution is 7.90. The van der Waals surface area contributed by atoms with Crippen molar-refractivity contribution in [1.82, 2.24) is 4.31 Å². The van der Waals surface area contributed by atoms with Crippen LogP contribution in [-0.4, -0.2) is 78.4 Å². The monoisotopic (exact) mass is 653 g/mol. The van der Waals surface area contributed by atoms with E-state index >= 15 is 0 Å². The van der Waals surface area contributed by atoms with Crippen LogP contribution in [0, 0.1) is 0 Å². The fourth-order valence-electron chi connectivity index (χ4n) is 2.55. The topological polar surface area (TPSA) is 63.7 Å². The van der Waals surface area contributed by atoms with Gasteiger partial charge in [0.1, 0.15) is 0 Å². The molecule has 0 aliphatic rings. The molecule has 0 bridgehead atoms. The van der Waals surface area contributed by atoms with Gasteiger partial charge in [-0.05, 0) is 13.3 Å². The predicted octanol–water partition coefficient (Wildman–Crippen LogP) is 6.46. The SMILES string of the molecule is C=CC(=O)OC(C)N(CCCC)S(=O)(=O)C(F)(F)C(F)(F)C(F)(F)C(F)(F)C(F)(F)C(F)(F)C(F)(F)C(F)(F)F. The second-order valence-electron chi connectivity index (χ2n) is 7.67. The molecule has 0 spiro atoms. The van der Waals surface area contributed by atoms with Crippen LogP contribution in [0.3, 0.4) is 0 Å². The first-order chi connectivity index (χ1) is 17.3. The number of carbonyl (C=O) groups is 1. The van der Waals surface area contributed by atoms with E-state index in [1.165, 1.54) is 6.92 Å². The van der Waals surface area contributed by atoms with Gasteiger partial charge in [-0.2, -0.15) is 78.9 Å². The Balaban J connectivity index is 7.15. The third kappa shape index (κ3) is 5.42.